The summed E-state index contributed by atoms with van der Waals surface area (Å²) in [5.74, 6) is 0.680. The molecule has 0 unspecified atom stereocenters. The fourth-order valence-corrected chi connectivity index (χ4v) is 4.89. The molecule has 122 valence electrons. The van der Waals surface area contributed by atoms with Crippen LogP contribution >= 0.6 is 0 Å². The Bertz CT molecular complexity index is 754. The monoisotopic (exact) mass is 328 g/mol. The van der Waals surface area contributed by atoms with Crippen LogP contribution in [0.5, 0.6) is 0 Å². The van der Waals surface area contributed by atoms with Crippen molar-refractivity contribution in [3.8, 4) is 0 Å². The van der Waals surface area contributed by atoms with Crippen LogP contribution in [0.1, 0.15) is 54.7 Å². The lowest BCUT2D eigenvalue weighted by Crippen LogP contribution is -2.08. The van der Waals surface area contributed by atoms with Gasteiger partial charge in [0.05, 0.1) is 10.6 Å². The first-order valence-electron chi connectivity index (χ1n) is 8.43. The summed E-state index contributed by atoms with van der Waals surface area (Å²) in [5.41, 5.74) is 3.19. The minimum absolute atomic E-state index is 0.0719. The Morgan fingerprint density at radius 1 is 0.913 bits per heavy atom. The lowest BCUT2D eigenvalue weighted by molar-refractivity contribution is 0.443. The smallest absolute Gasteiger partial charge is 0.182 e. The molecule has 0 spiro atoms. The average Bonchev–Trinajstić information content (AvgIpc) is 2.58. The molecule has 3 rings (SSSR count). The molecule has 1 aliphatic rings. The Hall–Kier alpha value is -1.61. The first kappa shape index (κ1) is 16.3. The normalized spacial score (nSPS) is 16.4. The second-order valence-corrected chi connectivity index (χ2v) is 8.58. The van der Waals surface area contributed by atoms with Gasteiger partial charge >= 0.3 is 0 Å². The zero-order valence-corrected chi connectivity index (χ0v) is 14.5. The van der Waals surface area contributed by atoms with Crippen molar-refractivity contribution in [2.45, 2.75) is 55.6 Å². The summed E-state index contributed by atoms with van der Waals surface area (Å²) in [6, 6.07) is 15.3. The zero-order valence-electron chi connectivity index (χ0n) is 13.7. The third-order valence-electron chi connectivity index (χ3n) is 4.92. The van der Waals surface area contributed by atoms with Crippen molar-refractivity contribution in [2.75, 3.05) is 0 Å². The van der Waals surface area contributed by atoms with Crippen molar-refractivity contribution < 1.29 is 8.42 Å². The van der Waals surface area contributed by atoms with Gasteiger partial charge in [0, 0.05) is 0 Å². The van der Waals surface area contributed by atoms with E-state index >= 15 is 0 Å². The molecular weight excluding hydrogens is 304 g/mol. The molecule has 0 radical (unpaired) electrons. The maximum absolute atomic E-state index is 12.6. The molecule has 1 aliphatic carbocycles. The van der Waals surface area contributed by atoms with Crippen LogP contribution in [-0.4, -0.2) is 8.42 Å². The van der Waals surface area contributed by atoms with E-state index in [0.29, 0.717) is 10.8 Å². The van der Waals surface area contributed by atoms with Crippen LogP contribution < -0.4 is 0 Å². The highest BCUT2D eigenvalue weighted by Gasteiger charge is 2.19. The topological polar surface area (TPSA) is 34.1 Å². The van der Waals surface area contributed by atoms with Gasteiger partial charge in [0.25, 0.3) is 0 Å². The van der Waals surface area contributed by atoms with Gasteiger partial charge in [0.15, 0.2) is 9.84 Å². The maximum Gasteiger partial charge on any atom is 0.182 e. The van der Waals surface area contributed by atoms with E-state index in [0.717, 1.165) is 11.1 Å². The van der Waals surface area contributed by atoms with Crippen LogP contribution in [0.2, 0.25) is 0 Å². The van der Waals surface area contributed by atoms with Crippen molar-refractivity contribution in [1.82, 2.24) is 0 Å². The highest BCUT2D eigenvalue weighted by Crippen LogP contribution is 2.33. The third-order valence-corrected chi connectivity index (χ3v) is 6.60. The number of hydrogen-bond acceptors (Lipinski definition) is 2. The summed E-state index contributed by atoms with van der Waals surface area (Å²) in [6.45, 7) is 1.96. The lowest BCUT2D eigenvalue weighted by atomic mass is 9.84. The molecule has 0 bridgehead atoms. The molecule has 0 saturated heterocycles. The first-order valence-corrected chi connectivity index (χ1v) is 10.1. The largest absolute Gasteiger partial charge is 0.223 e. The Morgan fingerprint density at radius 3 is 2.22 bits per heavy atom. The van der Waals surface area contributed by atoms with Crippen LogP contribution in [0.15, 0.2) is 53.4 Å². The molecule has 0 heterocycles. The summed E-state index contributed by atoms with van der Waals surface area (Å²) in [6.07, 6.45) is 6.38. The SMILES string of the molecule is Cc1ccccc1CS(=O)(=O)c1ccc(C2CCCCC2)cc1. The van der Waals surface area contributed by atoms with E-state index in [4.69, 9.17) is 0 Å². The molecule has 0 atom stereocenters. The molecule has 0 amide bonds. The molecule has 1 fully saturated rings. The second kappa shape index (κ2) is 6.88. The molecule has 1 saturated carbocycles. The van der Waals surface area contributed by atoms with Crippen LogP contribution in [0.3, 0.4) is 0 Å². The summed E-state index contributed by atoms with van der Waals surface area (Å²) >= 11 is 0. The molecule has 0 aromatic heterocycles. The van der Waals surface area contributed by atoms with Gasteiger partial charge < -0.3 is 0 Å². The molecule has 2 nitrogen and oxygen atoms in total. The van der Waals surface area contributed by atoms with Crippen LogP contribution in [-0.2, 0) is 15.6 Å². The minimum atomic E-state index is -3.28. The van der Waals surface area contributed by atoms with E-state index in [1.165, 1.54) is 37.7 Å². The molecular formula is C20H24O2S. The minimum Gasteiger partial charge on any atom is -0.223 e. The van der Waals surface area contributed by atoms with Gasteiger partial charge in [-0.15, -0.1) is 0 Å². The van der Waals surface area contributed by atoms with Gasteiger partial charge in [-0.25, -0.2) is 8.42 Å². The van der Waals surface area contributed by atoms with E-state index < -0.39 is 9.84 Å². The zero-order chi connectivity index (χ0) is 16.3. The number of rotatable bonds is 4. The van der Waals surface area contributed by atoms with Crippen molar-refractivity contribution in [1.29, 1.82) is 0 Å². The summed E-state index contributed by atoms with van der Waals surface area (Å²) in [4.78, 5) is 0.431. The van der Waals surface area contributed by atoms with Gasteiger partial charge in [0.2, 0.25) is 0 Å². The van der Waals surface area contributed by atoms with E-state index in [1.54, 1.807) is 12.1 Å². The summed E-state index contributed by atoms with van der Waals surface area (Å²) in [7, 11) is -3.28. The molecule has 0 aliphatic heterocycles. The number of benzene rings is 2. The Labute approximate surface area is 139 Å². The van der Waals surface area contributed by atoms with Crippen molar-refractivity contribution >= 4 is 9.84 Å². The predicted octanol–water partition coefficient (Wildman–Crippen LogP) is 5.02. The highest BCUT2D eigenvalue weighted by molar-refractivity contribution is 7.90. The number of sulfone groups is 1. The second-order valence-electron chi connectivity index (χ2n) is 6.59. The molecule has 0 N–H and O–H groups in total. The van der Waals surface area contributed by atoms with Gasteiger partial charge in [-0.2, -0.15) is 0 Å². The Morgan fingerprint density at radius 2 is 1.57 bits per heavy atom. The summed E-state index contributed by atoms with van der Waals surface area (Å²) in [5, 5.41) is 0. The number of hydrogen-bond donors (Lipinski definition) is 0. The van der Waals surface area contributed by atoms with E-state index in [-0.39, 0.29) is 5.75 Å². The van der Waals surface area contributed by atoms with Gasteiger partial charge in [-0.1, -0.05) is 55.7 Å². The van der Waals surface area contributed by atoms with Gasteiger partial charge in [0.1, 0.15) is 0 Å². The van der Waals surface area contributed by atoms with Crippen molar-refractivity contribution in [2.24, 2.45) is 0 Å². The van der Waals surface area contributed by atoms with Crippen LogP contribution in [0.25, 0.3) is 0 Å². The van der Waals surface area contributed by atoms with Gasteiger partial charge in [-0.3, -0.25) is 0 Å². The Balaban J connectivity index is 1.79. The standard InChI is InChI=1S/C20H24O2S/c1-16-7-5-6-10-19(16)15-23(21,22)20-13-11-18(12-14-20)17-8-3-2-4-9-17/h5-7,10-14,17H,2-4,8-9,15H2,1H3. The van der Waals surface area contributed by atoms with Gasteiger partial charge in [-0.05, 0) is 54.5 Å². The lowest BCUT2D eigenvalue weighted by Gasteiger charge is -2.22. The van der Waals surface area contributed by atoms with Crippen molar-refractivity contribution in [3.05, 3.63) is 65.2 Å². The fraction of sp³-hybridized carbons (Fsp3) is 0.400. The van der Waals surface area contributed by atoms with E-state index in [9.17, 15) is 8.42 Å². The summed E-state index contributed by atoms with van der Waals surface area (Å²) < 4.78 is 25.3. The average molecular weight is 328 g/mol. The quantitative estimate of drug-likeness (QED) is 0.790. The predicted molar refractivity (Wildman–Crippen MR) is 94.3 cm³/mol. The Kier molecular flexibility index (Phi) is 4.86. The van der Waals surface area contributed by atoms with Crippen molar-refractivity contribution in [3.63, 3.8) is 0 Å². The van der Waals surface area contributed by atoms with E-state index in [1.807, 2.05) is 43.3 Å². The van der Waals surface area contributed by atoms with Crippen LogP contribution in [0, 0.1) is 6.92 Å². The molecule has 23 heavy (non-hydrogen) atoms. The number of aryl methyl sites for hydroxylation is 1. The molecule has 3 heteroatoms. The molecule has 2 aromatic carbocycles. The van der Waals surface area contributed by atoms with E-state index in [2.05, 4.69) is 0 Å². The molecule has 2 aromatic rings. The fourth-order valence-electron chi connectivity index (χ4n) is 3.44. The van der Waals surface area contributed by atoms with Crippen LogP contribution in [0.4, 0.5) is 0 Å². The third kappa shape index (κ3) is 3.84. The first-order chi connectivity index (χ1) is 11.1. The highest BCUT2D eigenvalue weighted by atomic mass is 32.2. The maximum atomic E-state index is 12.6.